The molecule has 1 aliphatic heterocycles. The molecule has 0 aliphatic carbocycles. The number of benzene rings is 1. The van der Waals surface area contributed by atoms with Crippen LogP contribution in [-0.4, -0.2) is 29.2 Å². The molecule has 0 saturated carbocycles. The van der Waals surface area contributed by atoms with Gasteiger partial charge in [0, 0.05) is 23.6 Å². The molecule has 1 aromatic carbocycles. The Kier molecular flexibility index (Phi) is 3.90. The van der Waals surface area contributed by atoms with E-state index < -0.39 is 6.04 Å². The lowest BCUT2D eigenvalue weighted by Crippen LogP contribution is -2.34. The fraction of sp³-hybridized carbons (Fsp3) is 0.389. The van der Waals surface area contributed by atoms with E-state index in [9.17, 15) is 4.79 Å². The highest BCUT2D eigenvalue weighted by Crippen LogP contribution is 2.36. The SMILES string of the molecule is CCOC(=O)C(N)Cc1c[nH]c2c3c(ccc12)OC(C)(C)C=C3. The zero-order valence-electron chi connectivity index (χ0n) is 13.7. The van der Waals surface area contributed by atoms with Crippen molar-refractivity contribution in [3.8, 4) is 5.75 Å². The molecule has 1 aliphatic rings. The van der Waals surface area contributed by atoms with E-state index in [1.807, 2.05) is 38.3 Å². The normalized spacial score (nSPS) is 16.7. The van der Waals surface area contributed by atoms with Crippen LogP contribution in [0.15, 0.2) is 24.4 Å². The van der Waals surface area contributed by atoms with Crippen LogP contribution in [0, 0.1) is 0 Å². The fourth-order valence-electron chi connectivity index (χ4n) is 2.85. The quantitative estimate of drug-likeness (QED) is 0.851. The second-order valence-electron chi connectivity index (χ2n) is 6.32. The predicted molar refractivity (Wildman–Crippen MR) is 90.4 cm³/mol. The number of carbonyl (C=O) groups is 1. The molecule has 0 bridgehead atoms. The van der Waals surface area contributed by atoms with Crippen molar-refractivity contribution < 1.29 is 14.3 Å². The number of hydrogen-bond acceptors (Lipinski definition) is 4. The van der Waals surface area contributed by atoms with Gasteiger partial charge in [-0.1, -0.05) is 0 Å². The van der Waals surface area contributed by atoms with Gasteiger partial charge >= 0.3 is 5.97 Å². The average molecular weight is 314 g/mol. The third-order valence-corrected chi connectivity index (χ3v) is 4.00. The molecule has 2 heterocycles. The molecule has 3 rings (SSSR count). The number of nitrogens with one attached hydrogen (secondary N) is 1. The molecule has 0 fully saturated rings. The van der Waals surface area contributed by atoms with Crippen LogP contribution in [0.25, 0.3) is 17.0 Å². The summed E-state index contributed by atoms with van der Waals surface area (Å²) in [6.07, 6.45) is 6.46. The topological polar surface area (TPSA) is 77.3 Å². The van der Waals surface area contributed by atoms with Gasteiger partial charge < -0.3 is 20.2 Å². The fourth-order valence-corrected chi connectivity index (χ4v) is 2.85. The molecule has 0 spiro atoms. The molecule has 1 aromatic heterocycles. The number of ether oxygens (including phenoxy) is 2. The first-order valence-corrected chi connectivity index (χ1v) is 7.84. The zero-order chi connectivity index (χ0) is 16.6. The number of esters is 1. The Labute approximate surface area is 135 Å². The molecule has 0 saturated heterocycles. The van der Waals surface area contributed by atoms with E-state index >= 15 is 0 Å². The number of hydrogen-bond donors (Lipinski definition) is 2. The van der Waals surface area contributed by atoms with Crippen molar-refractivity contribution in [1.29, 1.82) is 0 Å². The minimum Gasteiger partial charge on any atom is -0.483 e. The highest BCUT2D eigenvalue weighted by atomic mass is 16.5. The second-order valence-corrected chi connectivity index (χ2v) is 6.32. The van der Waals surface area contributed by atoms with Crippen LogP contribution in [0.5, 0.6) is 5.75 Å². The van der Waals surface area contributed by atoms with E-state index in [-0.39, 0.29) is 11.6 Å². The summed E-state index contributed by atoms with van der Waals surface area (Å²) in [5.41, 5.74) is 8.66. The largest absolute Gasteiger partial charge is 0.483 e. The van der Waals surface area contributed by atoms with Gasteiger partial charge in [0.15, 0.2) is 0 Å². The van der Waals surface area contributed by atoms with Crippen molar-refractivity contribution in [3.63, 3.8) is 0 Å². The average Bonchev–Trinajstić information content (AvgIpc) is 2.89. The van der Waals surface area contributed by atoms with Gasteiger partial charge in [0.25, 0.3) is 0 Å². The Morgan fingerprint density at radius 2 is 2.22 bits per heavy atom. The molecule has 1 unspecified atom stereocenters. The minimum absolute atomic E-state index is 0.303. The molecule has 23 heavy (non-hydrogen) atoms. The summed E-state index contributed by atoms with van der Waals surface area (Å²) in [4.78, 5) is 15.0. The van der Waals surface area contributed by atoms with E-state index in [2.05, 4.69) is 11.1 Å². The lowest BCUT2D eigenvalue weighted by atomic mass is 9.98. The summed E-state index contributed by atoms with van der Waals surface area (Å²) in [6.45, 7) is 6.16. The molecular formula is C18H22N2O3. The van der Waals surface area contributed by atoms with Crippen LogP contribution in [0.4, 0.5) is 0 Å². The molecule has 5 heteroatoms. The smallest absolute Gasteiger partial charge is 0.323 e. The first-order chi connectivity index (χ1) is 10.9. The van der Waals surface area contributed by atoms with Crippen molar-refractivity contribution in [2.45, 2.75) is 38.8 Å². The molecule has 2 aromatic rings. The zero-order valence-corrected chi connectivity index (χ0v) is 13.7. The molecule has 1 atom stereocenters. The number of fused-ring (bicyclic) bond motifs is 3. The highest BCUT2D eigenvalue weighted by Gasteiger charge is 2.24. The number of carbonyl (C=O) groups excluding carboxylic acids is 1. The van der Waals surface area contributed by atoms with Gasteiger partial charge in [-0.05, 0) is 50.6 Å². The Bertz CT molecular complexity index is 774. The number of nitrogens with two attached hydrogens (primary N) is 1. The number of aromatic nitrogens is 1. The number of rotatable bonds is 4. The van der Waals surface area contributed by atoms with Gasteiger partial charge in [-0.25, -0.2) is 0 Å². The Morgan fingerprint density at radius 1 is 1.43 bits per heavy atom. The van der Waals surface area contributed by atoms with Gasteiger partial charge in [0.2, 0.25) is 0 Å². The van der Waals surface area contributed by atoms with Gasteiger partial charge in [-0.2, -0.15) is 0 Å². The van der Waals surface area contributed by atoms with Crippen LogP contribution in [0.3, 0.4) is 0 Å². The third kappa shape index (κ3) is 2.97. The maximum absolute atomic E-state index is 11.7. The van der Waals surface area contributed by atoms with Gasteiger partial charge in [0.1, 0.15) is 17.4 Å². The van der Waals surface area contributed by atoms with E-state index in [1.165, 1.54) is 0 Å². The van der Waals surface area contributed by atoms with E-state index in [1.54, 1.807) is 6.92 Å². The Hall–Kier alpha value is -2.27. The number of H-pyrrole nitrogens is 1. The van der Waals surface area contributed by atoms with Gasteiger partial charge in [-0.3, -0.25) is 4.79 Å². The summed E-state index contributed by atoms with van der Waals surface area (Å²) in [5.74, 6) is 0.484. The molecule has 0 amide bonds. The van der Waals surface area contributed by atoms with Gasteiger partial charge in [-0.15, -0.1) is 0 Å². The monoisotopic (exact) mass is 314 g/mol. The summed E-state index contributed by atoms with van der Waals surface area (Å²) in [5, 5.41) is 1.05. The highest BCUT2D eigenvalue weighted by molar-refractivity contribution is 5.94. The van der Waals surface area contributed by atoms with Crippen LogP contribution in [0.1, 0.15) is 31.9 Å². The van der Waals surface area contributed by atoms with Crippen molar-refractivity contribution in [1.82, 2.24) is 4.98 Å². The Morgan fingerprint density at radius 3 is 2.96 bits per heavy atom. The van der Waals surface area contributed by atoms with Crippen molar-refractivity contribution in [2.75, 3.05) is 6.61 Å². The first kappa shape index (κ1) is 15.6. The first-order valence-electron chi connectivity index (χ1n) is 7.84. The standard InChI is InChI=1S/C18H22N2O3/c1-4-22-17(21)14(19)9-11-10-20-16-12(11)5-6-15-13(16)7-8-18(2,3)23-15/h5-8,10,14,20H,4,9,19H2,1-3H3. The van der Waals surface area contributed by atoms with E-state index in [4.69, 9.17) is 15.2 Å². The van der Waals surface area contributed by atoms with Crippen LogP contribution < -0.4 is 10.5 Å². The molecular weight excluding hydrogens is 292 g/mol. The van der Waals surface area contributed by atoms with E-state index in [0.29, 0.717) is 13.0 Å². The summed E-state index contributed by atoms with van der Waals surface area (Å²) < 4.78 is 11.0. The van der Waals surface area contributed by atoms with Gasteiger partial charge in [0.05, 0.1) is 12.1 Å². The van der Waals surface area contributed by atoms with Crippen molar-refractivity contribution in [2.24, 2.45) is 5.73 Å². The maximum Gasteiger partial charge on any atom is 0.323 e. The van der Waals surface area contributed by atoms with Crippen LogP contribution in [0.2, 0.25) is 0 Å². The summed E-state index contributed by atoms with van der Waals surface area (Å²) in [7, 11) is 0. The minimum atomic E-state index is -0.657. The second kappa shape index (κ2) is 5.74. The predicted octanol–water partition coefficient (Wildman–Crippen LogP) is 2.79. The van der Waals surface area contributed by atoms with Crippen molar-refractivity contribution in [3.05, 3.63) is 35.5 Å². The third-order valence-electron chi connectivity index (χ3n) is 4.00. The molecule has 3 N–H and O–H groups in total. The van der Waals surface area contributed by atoms with Crippen LogP contribution >= 0.6 is 0 Å². The van der Waals surface area contributed by atoms with Crippen molar-refractivity contribution >= 4 is 22.9 Å². The summed E-state index contributed by atoms with van der Waals surface area (Å²) >= 11 is 0. The molecule has 5 nitrogen and oxygen atoms in total. The molecule has 0 radical (unpaired) electrons. The molecule has 122 valence electrons. The van der Waals surface area contributed by atoms with Crippen LogP contribution in [-0.2, 0) is 16.0 Å². The van der Waals surface area contributed by atoms with E-state index in [0.717, 1.165) is 27.8 Å². The maximum atomic E-state index is 11.7. The lowest BCUT2D eigenvalue weighted by molar-refractivity contribution is -0.144. The Balaban J connectivity index is 1.92. The number of aromatic amines is 1. The lowest BCUT2D eigenvalue weighted by Gasteiger charge is -2.28. The summed E-state index contributed by atoms with van der Waals surface area (Å²) in [6, 6.07) is 3.32.